The minimum Gasteiger partial charge on any atom is -0.475 e. The third-order valence-electron chi connectivity index (χ3n) is 5.06. The van der Waals surface area contributed by atoms with Gasteiger partial charge in [-0.2, -0.15) is 0 Å². The molecule has 1 fully saturated rings. The third-order valence-corrected chi connectivity index (χ3v) is 5.06. The molecular formula is C18H17F2N7O3. The Morgan fingerprint density at radius 1 is 1.33 bits per heavy atom. The van der Waals surface area contributed by atoms with Gasteiger partial charge in [-0.1, -0.05) is 0 Å². The minimum absolute atomic E-state index is 0.0118. The molecule has 1 saturated heterocycles. The van der Waals surface area contributed by atoms with E-state index in [9.17, 15) is 13.6 Å². The van der Waals surface area contributed by atoms with E-state index >= 15 is 0 Å². The maximum atomic E-state index is 14.5. The van der Waals surface area contributed by atoms with Gasteiger partial charge in [-0.25, -0.2) is 28.7 Å². The number of hydrogen-bond donors (Lipinski definition) is 2. The van der Waals surface area contributed by atoms with Crippen LogP contribution in [-0.2, 0) is 4.84 Å². The summed E-state index contributed by atoms with van der Waals surface area (Å²) < 4.78 is 35.4. The number of rotatable bonds is 0. The van der Waals surface area contributed by atoms with Crippen molar-refractivity contribution in [1.82, 2.24) is 25.1 Å². The number of ether oxygens (including phenoxy) is 1. The maximum absolute atomic E-state index is 14.5. The summed E-state index contributed by atoms with van der Waals surface area (Å²) in [7, 11) is 0. The van der Waals surface area contributed by atoms with Crippen LogP contribution in [0.25, 0.3) is 5.65 Å². The van der Waals surface area contributed by atoms with Crippen molar-refractivity contribution in [1.29, 1.82) is 0 Å². The molecular weight excluding hydrogens is 400 g/mol. The number of hydroxylamine groups is 1. The fourth-order valence-electron chi connectivity index (χ4n) is 3.80. The van der Waals surface area contributed by atoms with E-state index in [1.807, 2.05) is 0 Å². The molecule has 156 valence electrons. The first kappa shape index (κ1) is 18.5. The van der Waals surface area contributed by atoms with Crippen LogP contribution in [0.5, 0.6) is 5.88 Å². The zero-order chi connectivity index (χ0) is 20.8. The molecule has 3 N–H and O–H groups in total. The van der Waals surface area contributed by atoms with Crippen LogP contribution >= 0.6 is 0 Å². The number of alkyl halides is 1. The van der Waals surface area contributed by atoms with Gasteiger partial charge in [-0.15, -0.1) is 5.10 Å². The van der Waals surface area contributed by atoms with Crippen LogP contribution in [0.2, 0.25) is 0 Å². The molecule has 2 atom stereocenters. The van der Waals surface area contributed by atoms with Crippen LogP contribution in [0.4, 0.5) is 20.4 Å². The van der Waals surface area contributed by atoms with E-state index in [0.29, 0.717) is 11.4 Å². The summed E-state index contributed by atoms with van der Waals surface area (Å²) in [4.78, 5) is 27.9. The molecule has 30 heavy (non-hydrogen) atoms. The van der Waals surface area contributed by atoms with E-state index in [1.54, 1.807) is 17.2 Å². The summed E-state index contributed by atoms with van der Waals surface area (Å²) >= 11 is 0. The lowest BCUT2D eigenvalue weighted by molar-refractivity contribution is 0.0195. The number of nitrogens with two attached hydrogens (primary N) is 1. The molecule has 2 bridgehead atoms. The molecule has 0 saturated carbocycles. The van der Waals surface area contributed by atoms with E-state index < -0.39 is 23.9 Å². The Labute approximate surface area is 168 Å². The summed E-state index contributed by atoms with van der Waals surface area (Å²) in [6.07, 6.45) is 1.55. The largest absolute Gasteiger partial charge is 0.475 e. The van der Waals surface area contributed by atoms with Crippen molar-refractivity contribution < 1.29 is 23.1 Å². The van der Waals surface area contributed by atoms with Crippen LogP contribution in [0.3, 0.4) is 0 Å². The topological polar surface area (TPSA) is 120 Å². The van der Waals surface area contributed by atoms with Crippen molar-refractivity contribution in [2.24, 2.45) is 0 Å². The highest BCUT2D eigenvalue weighted by atomic mass is 19.1. The molecule has 0 aliphatic carbocycles. The first-order valence-electron chi connectivity index (χ1n) is 9.27. The summed E-state index contributed by atoms with van der Waals surface area (Å²) in [6, 6.07) is 2.35. The molecule has 0 unspecified atom stereocenters. The Morgan fingerprint density at radius 3 is 3.07 bits per heavy atom. The average molecular weight is 417 g/mol. The number of aromatic nitrogens is 4. The van der Waals surface area contributed by atoms with Gasteiger partial charge < -0.3 is 15.4 Å². The molecule has 2 aliphatic heterocycles. The van der Waals surface area contributed by atoms with Crippen molar-refractivity contribution in [3.8, 4) is 5.88 Å². The van der Waals surface area contributed by atoms with Gasteiger partial charge >= 0.3 is 0 Å². The fraction of sp³-hybridized carbons (Fsp3) is 0.333. The highest BCUT2D eigenvalue weighted by Crippen LogP contribution is 2.40. The SMILES string of the molecule is Nc1nn2ccc3nc2c1C(=O)NOCCOc1ncc(F)cc1[C@H]1C[C@H](F)CN31. The second-order valence-electron chi connectivity index (χ2n) is 6.99. The standard InChI is InChI=1S/C18H17F2N7O3/c19-9-5-11-12-6-10(20)8-26(12)13-1-2-27-16(23-13)14(15(21)24-27)17(28)25-30-4-3-29-18(11)22-7-9/h1-2,5,7,10,12H,3-4,6,8H2,(H2,21,24)(H,25,28)/t10-,12+/m0/s1. The van der Waals surface area contributed by atoms with Crippen molar-refractivity contribution in [2.75, 3.05) is 30.4 Å². The van der Waals surface area contributed by atoms with Crippen LogP contribution < -0.4 is 20.9 Å². The second kappa shape index (κ2) is 7.06. The fourth-order valence-corrected chi connectivity index (χ4v) is 3.80. The molecule has 5 heterocycles. The van der Waals surface area contributed by atoms with Gasteiger partial charge in [-0.05, 0) is 12.1 Å². The number of carbonyl (C=O) groups is 1. The predicted molar refractivity (Wildman–Crippen MR) is 100 cm³/mol. The maximum Gasteiger partial charge on any atom is 0.282 e. The van der Waals surface area contributed by atoms with Crippen LogP contribution in [0.1, 0.15) is 28.4 Å². The van der Waals surface area contributed by atoms with E-state index in [2.05, 4.69) is 20.5 Å². The molecule has 1 amide bonds. The Hall–Kier alpha value is -3.54. The molecule has 5 rings (SSSR count). The van der Waals surface area contributed by atoms with Crippen molar-refractivity contribution >= 4 is 23.2 Å². The Bertz CT molecular complexity index is 1140. The van der Waals surface area contributed by atoms with Crippen molar-refractivity contribution in [3.05, 3.63) is 41.5 Å². The second-order valence-corrected chi connectivity index (χ2v) is 6.99. The normalized spacial score (nSPS) is 21.7. The minimum atomic E-state index is -1.17. The zero-order valence-electron chi connectivity index (χ0n) is 15.6. The number of pyridine rings is 1. The number of nitrogens with zero attached hydrogens (tertiary/aromatic N) is 5. The molecule has 3 aromatic heterocycles. The van der Waals surface area contributed by atoms with Gasteiger partial charge in [0.15, 0.2) is 11.5 Å². The average Bonchev–Trinajstić information content (AvgIpc) is 3.26. The monoisotopic (exact) mass is 417 g/mol. The Kier molecular flexibility index (Phi) is 4.35. The number of amides is 1. The van der Waals surface area contributed by atoms with Crippen LogP contribution in [-0.4, -0.2) is 51.4 Å². The Morgan fingerprint density at radius 2 is 2.20 bits per heavy atom. The number of halogens is 2. The van der Waals surface area contributed by atoms with E-state index in [1.165, 1.54) is 10.6 Å². The molecule has 0 aromatic carbocycles. The first-order chi connectivity index (χ1) is 14.5. The number of nitrogen functional groups attached to an aromatic ring is 1. The highest BCUT2D eigenvalue weighted by Gasteiger charge is 2.37. The quantitative estimate of drug-likeness (QED) is 0.560. The van der Waals surface area contributed by atoms with Crippen LogP contribution in [0.15, 0.2) is 24.5 Å². The van der Waals surface area contributed by atoms with Gasteiger partial charge in [-0.3, -0.25) is 9.63 Å². The van der Waals surface area contributed by atoms with E-state index in [-0.39, 0.29) is 49.1 Å². The lowest BCUT2D eigenvalue weighted by Gasteiger charge is -2.27. The van der Waals surface area contributed by atoms with Gasteiger partial charge in [0.1, 0.15) is 36.6 Å². The summed E-state index contributed by atoms with van der Waals surface area (Å²) in [5.74, 6) is -0.649. The van der Waals surface area contributed by atoms with Crippen molar-refractivity contribution in [3.63, 3.8) is 0 Å². The smallest absolute Gasteiger partial charge is 0.282 e. The molecule has 3 aromatic rings. The van der Waals surface area contributed by atoms with Gasteiger partial charge in [0, 0.05) is 18.2 Å². The van der Waals surface area contributed by atoms with Crippen molar-refractivity contribution in [2.45, 2.75) is 18.6 Å². The number of carbonyl (C=O) groups excluding carboxylic acids is 1. The number of anilines is 2. The van der Waals surface area contributed by atoms with Gasteiger partial charge in [0.05, 0.1) is 18.8 Å². The van der Waals surface area contributed by atoms with E-state index in [4.69, 9.17) is 15.3 Å². The first-order valence-corrected chi connectivity index (χ1v) is 9.27. The summed E-state index contributed by atoms with van der Waals surface area (Å²) in [6.45, 7) is 0.0559. The molecule has 10 nitrogen and oxygen atoms in total. The Balaban J connectivity index is 1.68. The molecule has 0 spiro atoms. The molecule has 2 aliphatic rings. The number of fused-ring (bicyclic) bond motifs is 5. The number of hydrogen-bond acceptors (Lipinski definition) is 8. The predicted octanol–water partition coefficient (Wildman–Crippen LogP) is 1.19. The summed E-state index contributed by atoms with van der Waals surface area (Å²) in [5, 5.41) is 4.08. The molecule has 12 heteroatoms. The van der Waals surface area contributed by atoms with Crippen LogP contribution in [0, 0.1) is 5.82 Å². The number of nitrogens with one attached hydrogen (secondary N) is 1. The highest BCUT2D eigenvalue weighted by molar-refractivity contribution is 6.03. The third kappa shape index (κ3) is 3.05. The summed E-state index contributed by atoms with van der Waals surface area (Å²) in [5.41, 5.74) is 8.80. The lowest BCUT2D eigenvalue weighted by atomic mass is 10.1. The van der Waals surface area contributed by atoms with Gasteiger partial charge in [0.2, 0.25) is 5.88 Å². The van der Waals surface area contributed by atoms with Gasteiger partial charge in [0.25, 0.3) is 5.91 Å². The zero-order valence-corrected chi connectivity index (χ0v) is 15.6. The molecule has 0 radical (unpaired) electrons. The lowest BCUT2D eigenvalue weighted by Crippen LogP contribution is -2.28. The van der Waals surface area contributed by atoms with E-state index in [0.717, 1.165) is 6.20 Å².